The number of pyridine rings is 1. The molecule has 3 aliphatic rings. The van der Waals surface area contributed by atoms with E-state index in [1.165, 1.54) is 19.3 Å². The van der Waals surface area contributed by atoms with E-state index in [1.807, 2.05) is 10.9 Å². The number of fused-ring (bicyclic) bond motifs is 1. The standard InChI is InChI=1S/C22H31N5O2/c1-3-27-21-17(14-23-27)20(25-16-7-11-28-12-8-16)19(15(2)24-21)18-13-22(29-26-18)9-5-4-6-10-22/h13-14,16,26H,3-12H2,1-2H3,(H,24,25). The molecule has 2 aliphatic heterocycles. The molecule has 7 heteroatoms. The Morgan fingerprint density at radius 2 is 2.03 bits per heavy atom. The van der Waals surface area contributed by atoms with Gasteiger partial charge >= 0.3 is 0 Å². The zero-order valence-corrected chi connectivity index (χ0v) is 17.5. The second kappa shape index (κ2) is 7.61. The third-order valence-corrected chi connectivity index (χ3v) is 6.58. The van der Waals surface area contributed by atoms with Crippen LogP contribution in [0.2, 0.25) is 0 Å². The molecule has 2 N–H and O–H groups in total. The summed E-state index contributed by atoms with van der Waals surface area (Å²) in [7, 11) is 0. The van der Waals surface area contributed by atoms with Crippen molar-refractivity contribution in [3.63, 3.8) is 0 Å². The van der Waals surface area contributed by atoms with Crippen LogP contribution in [0.25, 0.3) is 16.7 Å². The van der Waals surface area contributed by atoms with Crippen LogP contribution in [0, 0.1) is 6.92 Å². The number of nitrogens with zero attached hydrogens (tertiary/aromatic N) is 3. The number of nitrogens with one attached hydrogen (secondary N) is 2. The van der Waals surface area contributed by atoms with Gasteiger partial charge in [-0.25, -0.2) is 9.67 Å². The predicted octanol–water partition coefficient (Wildman–Crippen LogP) is 3.93. The summed E-state index contributed by atoms with van der Waals surface area (Å²) in [5, 5.41) is 9.48. The van der Waals surface area contributed by atoms with E-state index in [2.05, 4.69) is 35.8 Å². The van der Waals surface area contributed by atoms with Crippen molar-refractivity contribution in [3.8, 4) is 0 Å². The van der Waals surface area contributed by atoms with Crippen molar-refractivity contribution in [1.82, 2.24) is 20.2 Å². The fourth-order valence-electron chi connectivity index (χ4n) is 4.96. The maximum Gasteiger partial charge on any atom is 0.160 e. The molecule has 7 nitrogen and oxygen atoms in total. The van der Waals surface area contributed by atoms with Crippen LogP contribution in [0.15, 0.2) is 12.3 Å². The third-order valence-electron chi connectivity index (χ3n) is 6.58. The molecule has 1 aliphatic carbocycles. The minimum Gasteiger partial charge on any atom is -0.381 e. The quantitative estimate of drug-likeness (QED) is 0.814. The van der Waals surface area contributed by atoms with Gasteiger partial charge in [0.25, 0.3) is 0 Å². The fraction of sp³-hybridized carbons (Fsp3) is 0.636. The Morgan fingerprint density at radius 3 is 2.79 bits per heavy atom. The molecule has 4 heterocycles. The molecule has 2 aromatic heterocycles. The molecule has 1 spiro atoms. The zero-order valence-electron chi connectivity index (χ0n) is 17.5. The van der Waals surface area contributed by atoms with Crippen LogP contribution < -0.4 is 10.8 Å². The van der Waals surface area contributed by atoms with Crippen molar-refractivity contribution in [3.05, 3.63) is 23.5 Å². The minimum atomic E-state index is -0.168. The Balaban J connectivity index is 1.61. The Hall–Kier alpha value is -2.12. The van der Waals surface area contributed by atoms with Gasteiger partial charge in [0.15, 0.2) is 5.65 Å². The number of anilines is 1. The largest absolute Gasteiger partial charge is 0.381 e. The highest BCUT2D eigenvalue weighted by Gasteiger charge is 2.38. The maximum absolute atomic E-state index is 6.15. The predicted molar refractivity (Wildman–Crippen MR) is 113 cm³/mol. The lowest BCUT2D eigenvalue weighted by molar-refractivity contribution is -0.0557. The van der Waals surface area contributed by atoms with E-state index in [1.54, 1.807) is 0 Å². The van der Waals surface area contributed by atoms with Crippen molar-refractivity contribution in [1.29, 1.82) is 0 Å². The summed E-state index contributed by atoms with van der Waals surface area (Å²) in [6.45, 7) is 6.61. The summed E-state index contributed by atoms with van der Waals surface area (Å²) in [4.78, 5) is 11.1. The van der Waals surface area contributed by atoms with Gasteiger partial charge in [0.05, 0.1) is 28.7 Å². The first-order valence-corrected chi connectivity index (χ1v) is 11.1. The molecule has 156 valence electrons. The summed E-state index contributed by atoms with van der Waals surface area (Å²) in [6, 6.07) is 0.393. The molecule has 0 unspecified atom stereocenters. The highest BCUT2D eigenvalue weighted by atomic mass is 16.7. The van der Waals surface area contributed by atoms with E-state index in [0.29, 0.717) is 6.04 Å². The average molecular weight is 398 g/mol. The molecule has 0 aromatic carbocycles. The van der Waals surface area contributed by atoms with E-state index in [4.69, 9.17) is 14.6 Å². The molecule has 0 radical (unpaired) electrons. The van der Waals surface area contributed by atoms with Crippen molar-refractivity contribution < 1.29 is 9.57 Å². The Morgan fingerprint density at radius 1 is 1.24 bits per heavy atom. The van der Waals surface area contributed by atoms with E-state index >= 15 is 0 Å². The van der Waals surface area contributed by atoms with Crippen LogP contribution in [0.1, 0.15) is 63.1 Å². The molecule has 2 fully saturated rings. The highest BCUT2D eigenvalue weighted by molar-refractivity contribution is 5.97. The second-order valence-electron chi connectivity index (χ2n) is 8.56. The minimum absolute atomic E-state index is 0.168. The summed E-state index contributed by atoms with van der Waals surface area (Å²) >= 11 is 0. The van der Waals surface area contributed by atoms with Crippen LogP contribution >= 0.6 is 0 Å². The van der Waals surface area contributed by atoms with Crippen molar-refractivity contribution >= 4 is 22.4 Å². The smallest absolute Gasteiger partial charge is 0.160 e. The number of hydrogen-bond donors (Lipinski definition) is 2. The lowest BCUT2D eigenvalue weighted by atomic mass is 9.84. The van der Waals surface area contributed by atoms with E-state index in [-0.39, 0.29) is 5.60 Å². The number of hydroxylamine groups is 1. The van der Waals surface area contributed by atoms with Crippen LogP contribution in [0.4, 0.5) is 5.69 Å². The molecule has 29 heavy (non-hydrogen) atoms. The summed E-state index contributed by atoms with van der Waals surface area (Å²) < 4.78 is 7.53. The van der Waals surface area contributed by atoms with Crippen molar-refractivity contribution in [2.24, 2.45) is 0 Å². The molecule has 5 rings (SSSR count). The van der Waals surface area contributed by atoms with Gasteiger partial charge in [-0.1, -0.05) is 19.3 Å². The zero-order chi connectivity index (χ0) is 19.8. The molecule has 2 aromatic rings. The topological polar surface area (TPSA) is 73.2 Å². The maximum atomic E-state index is 6.15. The summed E-state index contributed by atoms with van der Waals surface area (Å²) in [5.74, 6) is 0. The third kappa shape index (κ3) is 3.40. The van der Waals surface area contributed by atoms with E-state index in [9.17, 15) is 0 Å². The fourth-order valence-corrected chi connectivity index (χ4v) is 4.96. The molecule has 1 saturated carbocycles. The number of aryl methyl sites for hydroxylation is 2. The van der Waals surface area contributed by atoms with Gasteiger partial charge in [-0.15, -0.1) is 0 Å². The van der Waals surface area contributed by atoms with Gasteiger partial charge in [-0.3, -0.25) is 10.3 Å². The summed E-state index contributed by atoms with van der Waals surface area (Å²) in [5.41, 5.74) is 8.31. The van der Waals surface area contributed by atoms with Gasteiger partial charge in [0.2, 0.25) is 0 Å². The van der Waals surface area contributed by atoms with Gasteiger partial charge in [0.1, 0.15) is 5.60 Å². The van der Waals surface area contributed by atoms with Crippen LogP contribution in [-0.4, -0.2) is 39.6 Å². The Kier molecular flexibility index (Phi) is 4.95. The van der Waals surface area contributed by atoms with Gasteiger partial charge in [-0.05, 0) is 45.6 Å². The molecule has 1 saturated heterocycles. The van der Waals surface area contributed by atoms with Crippen molar-refractivity contribution in [2.75, 3.05) is 18.5 Å². The van der Waals surface area contributed by atoms with Crippen LogP contribution in [-0.2, 0) is 16.1 Å². The van der Waals surface area contributed by atoms with Crippen molar-refractivity contribution in [2.45, 2.75) is 77.0 Å². The number of aromatic nitrogens is 3. The molecule has 0 atom stereocenters. The number of hydrogen-bond acceptors (Lipinski definition) is 6. The van der Waals surface area contributed by atoms with Gasteiger partial charge in [0, 0.05) is 31.4 Å². The number of ether oxygens (including phenoxy) is 1. The Labute approximate surface area is 171 Å². The van der Waals surface area contributed by atoms with Gasteiger partial charge in [-0.2, -0.15) is 5.10 Å². The first-order chi connectivity index (χ1) is 14.2. The first-order valence-electron chi connectivity index (χ1n) is 11.1. The van der Waals surface area contributed by atoms with E-state index < -0.39 is 0 Å². The molecular weight excluding hydrogens is 366 g/mol. The SMILES string of the molecule is CCn1ncc2c(NC3CCOCC3)c(C3=CC4(CCCCC4)ON3)c(C)nc21. The highest BCUT2D eigenvalue weighted by Crippen LogP contribution is 2.41. The van der Waals surface area contributed by atoms with Crippen LogP contribution in [0.5, 0.6) is 0 Å². The average Bonchev–Trinajstić information content (AvgIpc) is 3.33. The summed E-state index contributed by atoms with van der Waals surface area (Å²) in [6.07, 6.45) is 12.2. The molecule has 0 amide bonds. The normalized spacial score (nSPS) is 22.1. The second-order valence-corrected chi connectivity index (χ2v) is 8.56. The molecular formula is C22H31N5O2. The van der Waals surface area contributed by atoms with E-state index in [0.717, 1.165) is 79.1 Å². The van der Waals surface area contributed by atoms with Gasteiger partial charge < -0.3 is 10.1 Å². The Bertz CT molecular complexity index is 923. The number of rotatable bonds is 4. The first kappa shape index (κ1) is 18.9. The lowest BCUT2D eigenvalue weighted by Crippen LogP contribution is -2.32. The molecule has 0 bridgehead atoms. The monoisotopic (exact) mass is 397 g/mol. The van der Waals surface area contributed by atoms with Crippen LogP contribution in [0.3, 0.4) is 0 Å². The lowest BCUT2D eigenvalue weighted by Gasteiger charge is -2.29.